The van der Waals surface area contributed by atoms with Crippen LogP contribution in [0, 0.1) is 20.6 Å². The summed E-state index contributed by atoms with van der Waals surface area (Å²) in [6.45, 7) is 2.02. The summed E-state index contributed by atoms with van der Waals surface area (Å²) in [5.41, 5.74) is 6.24. The standard InChI is InChI=1S/C26H21IN4O5S/c1-15-13-18(9-12-20(15)27)23-24(16-7-10-19(36-2)11-8-16)37-26(28-23)30-29-21(25(32)33)14-17-5-3-4-6-22(17)31(34)35/h3-13H,14H2,1-2H3,(H,28,30)(H,32,33)/b29-21-. The largest absolute Gasteiger partial charge is 0.497 e. The van der Waals surface area contributed by atoms with Gasteiger partial charge in [0.05, 0.1) is 22.6 Å². The van der Waals surface area contributed by atoms with Gasteiger partial charge in [-0.1, -0.05) is 35.6 Å². The molecule has 37 heavy (non-hydrogen) atoms. The molecular formula is C26H21IN4O5S. The predicted octanol–water partition coefficient (Wildman–Crippen LogP) is 6.40. The highest BCUT2D eigenvalue weighted by atomic mass is 127. The highest BCUT2D eigenvalue weighted by Gasteiger charge is 2.20. The van der Waals surface area contributed by atoms with Crippen molar-refractivity contribution >= 4 is 56.4 Å². The van der Waals surface area contributed by atoms with E-state index in [9.17, 15) is 20.0 Å². The Balaban J connectivity index is 1.71. The third-order valence-electron chi connectivity index (χ3n) is 5.49. The summed E-state index contributed by atoms with van der Waals surface area (Å²) >= 11 is 3.60. The van der Waals surface area contributed by atoms with Crippen LogP contribution in [0.5, 0.6) is 5.75 Å². The summed E-state index contributed by atoms with van der Waals surface area (Å²) in [4.78, 5) is 28.3. The Morgan fingerprint density at radius 2 is 1.86 bits per heavy atom. The lowest BCUT2D eigenvalue weighted by Gasteiger charge is -2.06. The molecule has 9 nitrogen and oxygen atoms in total. The van der Waals surface area contributed by atoms with Gasteiger partial charge in [0.1, 0.15) is 11.5 Å². The van der Waals surface area contributed by atoms with Gasteiger partial charge in [-0.25, -0.2) is 9.78 Å². The molecular weight excluding hydrogens is 607 g/mol. The summed E-state index contributed by atoms with van der Waals surface area (Å²) in [6.07, 6.45) is -0.223. The zero-order chi connectivity index (χ0) is 26.5. The molecule has 0 spiro atoms. The first-order valence-electron chi connectivity index (χ1n) is 11.0. The molecule has 4 rings (SSSR count). The number of nitrogens with one attached hydrogen (secondary N) is 1. The number of methoxy groups -OCH3 is 1. The zero-order valence-electron chi connectivity index (χ0n) is 19.8. The number of carboxylic acid groups (broad SMARTS) is 1. The van der Waals surface area contributed by atoms with Gasteiger partial charge in [0, 0.05) is 27.2 Å². The van der Waals surface area contributed by atoms with E-state index in [1.807, 2.05) is 49.4 Å². The van der Waals surface area contributed by atoms with Crippen molar-refractivity contribution in [3.8, 4) is 27.4 Å². The number of hydrogen-bond donors (Lipinski definition) is 2. The molecule has 0 aliphatic carbocycles. The number of halogens is 1. The Bertz CT molecular complexity index is 1500. The number of nitrogens with zero attached hydrogens (tertiary/aromatic N) is 3. The van der Waals surface area contributed by atoms with Crippen LogP contribution in [-0.2, 0) is 11.2 Å². The van der Waals surface area contributed by atoms with Crippen LogP contribution in [0.25, 0.3) is 21.7 Å². The number of carbonyl (C=O) groups is 1. The fourth-order valence-electron chi connectivity index (χ4n) is 3.59. The maximum absolute atomic E-state index is 11.9. The van der Waals surface area contributed by atoms with Gasteiger partial charge in [-0.2, -0.15) is 5.10 Å². The molecule has 4 aromatic rings. The summed E-state index contributed by atoms with van der Waals surface area (Å²) in [6, 6.07) is 19.6. The van der Waals surface area contributed by atoms with Crippen LogP contribution in [0.4, 0.5) is 10.8 Å². The fourth-order valence-corrected chi connectivity index (χ4v) is 4.86. The molecule has 0 radical (unpaired) electrons. The van der Waals surface area contributed by atoms with Crippen molar-refractivity contribution in [1.29, 1.82) is 0 Å². The van der Waals surface area contributed by atoms with Gasteiger partial charge in [-0.15, -0.1) is 0 Å². The molecule has 0 aliphatic rings. The van der Waals surface area contributed by atoms with E-state index in [2.05, 4.69) is 33.1 Å². The van der Waals surface area contributed by atoms with Crippen LogP contribution in [0.1, 0.15) is 11.1 Å². The average molecular weight is 628 g/mol. The molecule has 0 bridgehead atoms. The van der Waals surface area contributed by atoms with Gasteiger partial charge in [-0.05, 0) is 77.0 Å². The van der Waals surface area contributed by atoms with E-state index in [1.54, 1.807) is 13.2 Å². The van der Waals surface area contributed by atoms with Gasteiger partial charge in [0.2, 0.25) is 5.13 Å². The number of para-hydroxylation sites is 1. The quantitative estimate of drug-likeness (QED) is 0.0951. The molecule has 0 unspecified atom stereocenters. The van der Waals surface area contributed by atoms with Crippen molar-refractivity contribution in [1.82, 2.24) is 4.98 Å². The van der Waals surface area contributed by atoms with E-state index in [0.29, 0.717) is 5.13 Å². The molecule has 0 saturated carbocycles. The summed E-state index contributed by atoms with van der Waals surface area (Å²) in [7, 11) is 1.60. The third kappa shape index (κ3) is 6.12. The SMILES string of the molecule is COc1ccc(-c2sc(N/N=C(/Cc3ccccc3[N+](=O)[O-])C(=O)O)nc2-c2ccc(I)c(C)c2)cc1. The average Bonchev–Trinajstić information content (AvgIpc) is 3.32. The monoisotopic (exact) mass is 628 g/mol. The van der Waals surface area contributed by atoms with E-state index in [4.69, 9.17) is 9.72 Å². The number of nitro groups is 1. The lowest BCUT2D eigenvalue weighted by Crippen LogP contribution is -2.18. The minimum absolute atomic E-state index is 0.163. The second-order valence-electron chi connectivity index (χ2n) is 7.93. The number of thiazole rings is 1. The number of carboxylic acids is 1. The van der Waals surface area contributed by atoms with E-state index >= 15 is 0 Å². The molecule has 0 atom stereocenters. The molecule has 2 N–H and O–H groups in total. The predicted molar refractivity (Wildman–Crippen MR) is 152 cm³/mol. The zero-order valence-corrected chi connectivity index (χ0v) is 22.7. The van der Waals surface area contributed by atoms with Crippen molar-refractivity contribution in [3.05, 3.63) is 91.5 Å². The number of anilines is 1. The van der Waals surface area contributed by atoms with E-state index in [-0.39, 0.29) is 23.4 Å². The van der Waals surface area contributed by atoms with Gasteiger partial charge < -0.3 is 9.84 Å². The Labute approximate surface area is 230 Å². The number of hydrazone groups is 1. The number of nitro benzene ring substituents is 1. The summed E-state index contributed by atoms with van der Waals surface area (Å²) in [5, 5.41) is 25.5. The number of rotatable bonds is 9. The molecule has 0 saturated heterocycles. The second kappa shape index (κ2) is 11.5. The van der Waals surface area contributed by atoms with Crippen molar-refractivity contribution in [2.24, 2.45) is 5.10 Å². The minimum atomic E-state index is -1.29. The fraction of sp³-hybridized carbons (Fsp3) is 0.115. The first kappa shape index (κ1) is 26.2. The number of benzene rings is 3. The smallest absolute Gasteiger partial charge is 0.352 e. The van der Waals surface area contributed by atoms with Crippen molar-refractivity contribution in [2.75, 3.05) is 12.5 Å². The third-order valence-corrected chi connectivity index (χ3v) is 7.71. The molecule has 0 fully saturated rings. The summed E-state index contributed by atoms with van der Waals surface area (Å²) in [5.74, 6) is -0.560. The molecule has 0 amide bonds. The van der Waals surface area contributed by atoms with Gasteiger partial charge in [-0.3, -0.25) is 15.5 Å². The van der Waals surface area contributed by atoms with Gasteiger partial charge in [0.15, 0.2) is 0 Å². The van der Waals surface area contributed by atoms with Crippen molar-refractivity contribution in [2.45, 2.75) is 13.3 Å². The van der Waals surface area contributed by atoms with Crippen LogP contribution in [0.15, 0.2) is 71.8 Å². The molecule has 0 aliphatic heterocycles. The van der Waals surface area contributed by atoms with Crippen LogP contribution in [0.2, 0.25) is 0 Å². The van der Waals surface area contributed by atoms with E-state index < -0.39 is 10.9 Å². The van der Waals surface area contributed by atoms with E-state index in [0.717, 1.165) is 36.6 Å². The van der Waals surface area contributed by atoms with Crippen molar-refractivity contribution in [3.63, 3.8) is 0 Å². The minimum Gasteiger partial charge on any atom is -0.497 e. The number of ether oxygens (including phenoxy) is 1. The number of hydrogen-bond acceptors (Lipinski definition) is 8. The number of aryl methyl sites for hydroxylation is 1. The Morgan fingerprint density at radius 3 is 2.51 bits per heavy atom. The summed E-state index contributed by atoms with van der Waals surface area (Å²) < 4.78 is 6.40. The molecule has 1 aromatic heterocycles. The molecule has 3 aromatic carbocycles. The highest BCUT2D eigenvalue weighted by Crippen LogP contribution is 2.40. The van der Waals surface area contributed by atoms with Gasteiger partial charge in [0.25, 0.3) is 5.69 Å². The first-order valence-corrected chi connectivity index (χ1v) is 12.9. The number of aliphatic carboxylic acids is 1. The lowest BCUT2D eigenvalue weighted by molar-refractivity contribution is -0.385. The normalized spacial score (nSPS) is 11.3. The van der Waals surface area contributed by atoms with Crippen molar-refractivity contribution < 1.29 is 19.6 Å². The Morgan fingerprint density at radius 1 is 1.16 bits per heavy atom. The first-order chi connectivity index (χ1) is 17.8. The maximum Gasteiger partial charge on any atom is 0.352 e. The molecule has 11 heteroatoms. The molecule has 188 valence electrons. The highest BCUT2D eigenvalue weighted by molar-refractivity contribution is 14.1. The van der Waals surface area contributed by atoms with Gasteiger partial charge >= 0.3 is 5.97 Å². The van der Waals surface area contributed by atoms with E-state index in [1.165, 1.54) is 29.5 Å². The Kier molecular flexibility index (Phi) is 8.14. The second-order valence-corrected chi connectivity index (χ2v) is 10.1. The molecule has 1 heterocycles. The number of aromatic nitrogens is 1. The van der Waals surface area contributed by atoms with Crippen LogP contribution in [0.3, 0.4) is 0 Å². The maximum atomic E-state index is 11.9. The van der Waals surface area contributed by atoms with Crippen LogP contribution < -0.4 is 10.2 Å². The topological polar surface area (TPSA) is 127 Å². The van der Waals surface area contributed by atoms with Crippen LogP contribution in [-0.4, -0.2) is 33.8 Å². The van der Waals surface area contributed by atoms with Crippen LogP contribution >= 0.6 is 33.9 Å². The Hall–Kier alpha value is -3.84. The lowest BCUT2D eigenvalue weighted by atomic mass is 10.0.